The van der Waals surface area contributed by atoms with Crippen LogP contribution in [0.1, 0.15) is 38.7 Å². The number of nitrogens with zero attached hydrogens (tertiary/aromatic N) is 1. The van der Waals surface area contributed by atoms with E-state index in [2.05, 4.69) is 5.32 Å². The fourth-order valence-electron chi connectivity index (χ4n) is 3.31. The molecule has 1 aliphatic heterocycles. The minimum Gasteiger partial charge on any atom is -0.480 e. The third-order valence-electron chi connectivity index (χ3n) is 4.69. The lowest BCUT2D eigenvalue weighted by Crippen LogP contribution is -2.52. The average molecular weight is 346 g/mol. The van der Waals surface area contributed by atoms with Crippen LogP contribution in [0.5, 0.6) is 0 Å². The predicted molar refractivity (Wildman–Crippen MR) is 94.2 cm³/mol. The van der Waals surface area contributed by atoms with Gasteiger partial charge in [0.1, 0.15) is 6.04 Å². The molecule has 0 bridgehead atoms. The largest absolute Gasteiger partial charge is 0.480 e. The van der Waals surface area contributed by atoms with E-state index >= 15 is 0 Å². The number of benzene rings is 1. The monoisotopic (exact) mass is 346 g/mol. The van der Waals surface area contributed by atoms with Gasteiger partial charge in [-0.25, -0.2) is 0 Å². The van der Waals surface area contributed by atoms with Gasteiger partial charge in [-0.1, -0.05) is 30.3 Å². The molecule has 1 heterocycles. The lowest BCUT2D eigenvalue weighted by molar-refractivity contribution is -0.142. The van der Waals surface area contributed by atoms with Crippen molar-refractivity contribution in [3.8, 4) is 0 Å². The van der Waals surface area contributed by atoms with Crippen LogP contribution >= 0.6 is 0 Å². The zero-order valence-electron chi connectivity index (χ0n) is 14.8. The van der Waals surface area contributed by atoms with Crippen molar-refractivity contribution < 1.29 is 19.5 Å². The smallest absolute Gasteiger partial charge is 0.320 e. The molecule has 6 heteroatoms. The number of hydrogen-bond acceptors (Lipinski definition) is 4. The standard InChI is InChI=1S/C19H26N2O4/c1-13(18(23)21-12-6-9-17(21)14(2)22)20-16(19(24)25)11-10-15-7-4-3-5-8-15/h3-5,7-8,13,16-17,20H,6,9-12H2,1-2H3,(H,24,25)/t13-,16-,17-/m0/s1. The van der Waals surface area contributed by atoms with Crippen LogP contribution in [0.15, 0.2) is 30.3 Å². The highest BCUT2D eigenvalue weighted by Crippen LogP contribution is 2.19. The normalized spacial score (nSPS) is 19.4. The van der Waals surface area contributed by atoms with Crippen LogP contribution in [-0.2, 0) is 20.8 Å². The molecule has 25 heavy (non-hydrogen) atoms. The Kier molecular flexibility index (Phi) is 6.70. The zero-order valence-corrected chi connectivity index (χ0v) is 14.8. The number of aryl methyl sites for hydroxylation is 1. The molecule has 136 valence electrons. The van der Waals surface area contributed by atoms with E-state index in [-0.39, 0.29) is 17.7 Å². The molecule has 1 aliphatic rings. The molecule has 1 saturated heterocycles. The average Bonchev–Trinajstić information content (AvgIpc) is 3.08. The summed E-state index contributed by atoms with van der Waals surface area (Å²) in [5.41, 5.74) is 1.06. The van der Waals surface area contributed by atoms with Gasteiger partial charge in [0.2, 0.25) is 5.91 Å². The molecule has 0 unspecified atom stereocenters. The predicted octanol–water partition coefficient (Wildman–Crippen LogP) is 1.63. The maximum atomic E-state index is 12.6. The van der Waals surface area contributed by atoms with Crippen LogP contribution < -0.4 is 5.32 Å². The summed E-state index contributed by atoms with van der Waals surface area (Å²) < 4.78 is 0. The highest BCUT2D eigenvalue weighted by atomic mass is 16.4. The van der Waals surface area contributed by atoms with Crippen LogP contribution in [0.2, 0.25) is 0 Å². The first-order chi connectivity index (χ1) is 11.9. The van der Waals surface area contributed by atoms with Crippen molar-refractivity contribution in [2.75, 3.05) is 6.54 Å². The summed E-state index contributed by atoms with van der Waals surface area (Å²) in [6, 6.07) is 7.84. The number of carbonyl (C=O) groups is 3. The number of rotatable bonds is 8. The minimum atomic E-state index is -0.972. The molecule has 3 atom stereocenters. The Hall–Kier alpha value is -2.21. The molecule has 1 amide bonds. The summed E-state index contributed by atoms with van der Waals surface area (Å²) in [6.45, 7) is 3.71. The van der Waals surface area contributed by atoms with Gasteiger partial charge in [-0.05, 0) is 45.1 Å². The number of carbonyl (C=O) groups excluding carboxylic acids is 2. The fraction of sp³-hybridized carbons (Fsp3) is 0.526. The number of aliphatic carboxylic acids is 1. The molecule has 0 aliphatic carbocycles. The summed E-state index contributed by atoms with van der Waals surface area (Å²) in [5.74, 6) is -1.19. The molecule has 2 rings (SSSR count). The third-order valence-corrected chi connectivity index (χ3v) is 4.69. The number of hydrogen-bond donors (Lipinski definition) is 2. The highest BCUT2D eigenvalue weighted by Gasteiger charge is 2.35. The van der Waals surface area contributed by atoms with Gasteiger partial charge < -0.3 is 10.0 Å². The van der Waals surface area contributed by atoms with Crippen LogP contribution in [0.3, 0.4) is 0 Å². The van der Waals surface area contributed by atoms with Gasteiger partial charge in [0.05, 0.1) is 12.1 Å². The molecule has 1 aromatic carbocycles. The van der Waals surface area contributed by atoms with E-state index in [4.69, 9.17) is 0 Å². The van der Waals surface area contributed by atoms with Gasteiger partial charge in [-0.15, -0.1) is 0 Å². The Bertz CT molecular complexity index is 617. The topological polar surface area (TPSA) is 86.7 Å². The van der Waals surface area contributed by atoms with E-state index < -0.39 is 18.1 Å². The second-order valence-corrected chi connectivity index (χ2v) is 6.60. The highest BCUT2D eigenvalue weighted by molar-refractivity contribution is 5.90. The molecule has 6 nitrogen and oxygen atoms in total. The molecule has 0 aromatic heterocycles. The molecule has 0 spiro atoms. The van der Waals surface area contributed by atoms with Gasteiger partial charge in [-0.2, -0.15) is 0 Å². The molecule has 1 aromatic rings. The summed E-state index contributed by atoms with van der Waals surface area (Å²) in [6.07, 6.45) is 2.50. The molecular weight excluding hydrogens is 320 g/mol. The summed E-state index contributed by atoms with van der Waals surface area (Å²) in [5, 5.41) is 12.4. The molecule has 0 radical (unpaired) electrons. The number of amides is 1. The van der Waals surface area contributed by atoms with Gasteiger partial charge in [0.25, 0.3) is 0 Å². The van der Waals surface area contributed by atoms with Crippen molar-refractivity contribution in [2.24, 2.45) is 0 Å². The van der Waals surface area contributed by atoms with E-state index in [0.717, 1.165) is 12.0 Å². The molecule has 2 N–H and O–H groups in total. The first-order valence-corrected chi connectivity index (χ1v) is 8.74. The number of likely N-dealkylation sites (tertiary alicyclic amines) is 1. The van der Waals surface area contributed by atoms with E-state index in [9.17, 15) is 19.5 Å². The Morgan fingerprint density at radius 1 is 1.28 bits per heavy atom. The third kappa shape index (κ3) is 5.13. The Balaban J connectivity index is 1.95. The molecular formula is C19H26N2O4. The van der Waals surface area contributed by atoms with E-state index in [1.54, 1.807) is 11.8 Å². The quantitative estimate of drug-likeness (QED) is 0.747. The first kappa shape index (κ1) is 19.1. The number of carboxylic acid groups (broad SMARTS) is 1. The van der Waals surface area contributed by atoms with Crippen molar-refractivity contribution in [3.05, 3.63) is 35.9 Å². The van der Waals surface area contributed by atoms with Crippen LogP contribution in [0.4, 0.5) is 0 Å². The second kappa shape index (κ2) is 8.76. The fourth-order valence-corrected chi connectivity index (χ4v) is 3.31. The second-order valence-electron chi connectivity index (χ2n) is 6.60. The van der Waals surface area contributed by atoms with Crippen molar-refractivity contribution in [2.45, 2.75) is 57.7 Å². The van der Waals surface area contributed by atoms with Gasteiger partial charge >= 0.3 is 5.97 Å². The van der Waals surface area contributed by atoms with E-state index in [0.29, 0.717) is 25.8 Å². The van der Waals surface area contributed by atoms with Gasteiger partial charge in [0, 0.05) is 6.54 Å². The van der Waals surface area contributed by atoms with Crippen LogP contribution in [0.25, 0.3) is 0 Å². The summed E-state index contributed by atoms with van der Waals surface area (Å²) in [7, 11) is 0. The number of nitrogens with one attached hydrogen (secondary N) is 1. The van der Waals surface area contributed by atoms with E-state index in [1.807, 2.05) is 30.3 Å². The van der Waals surface area contributed by atoms with Crippen LogP contribution in [0, 0.1) is 0 Å². The van der Waals surface area contributed by atoms with E-state index in [1.165, 1.54) is 6.92 Å². The lowest BCUT2D eigenvalue weighted by Gasteiger charge is -2.28. The first-order valence-electron chi connectivity index (χ1n) is 8.74. The molecule has 1 fully saturated rings. The maximum Gasteiger partial charge on any atom is 0.320 e. The Morgan fingerprint density at radius 2 is 1.96 bits per heavy atom. The number of ketones is 1. The number of carboxylic acids is 1. The molecule has 0 saturated carbocycles. The van der Waals surface area contributed by atoms with Crippen molar-refractivity contribution in [1.82, 2.24) is 10.2 Å². The van der Waals surface area contributed by atoms with Crippen molar-refractivity contribution in [1.29, 1.82) is 0 Å². The van der Waals surface area contributed by atoms with Crippen molar-refractivity contribution >= 4 is 17.7 Å². The summed E-state index contributed by atoms with van der Waals surface area (Å²) in [4.78, 5) is 37.4. The maximum absolute atomic E-state index is 12.6. The Labute approximate surface area is 148 Å². The van der Waals surface area contributed by atoms with Gasteiger partial charge in [0.15, 0.2) is 5.78 Å². The minimum absolute atomic E-state index is 0.0167. The SMILES string of the molecule is CC(=O)[C@@H]1CCCN1C(=O)[C@H](C)N[C@@H](CCc1ccccc1)C(=O)O. The van der Waals surface area contributed by atoms with Gasteiger partial charge in [-0.3, -0.25) is 19.7 Å². The van der Waals surface area contributed by atoms with Crippen LogP contribution in [-0.4, -0.2) is 52.3 Å². The summed E-state index contributed by atoms with van der Waals surface area (Å²) >= 11 is 0. The zero-order chi connectivity index (χ0) is 18.4. The Morgan fingerprint density at radius 3 is 2.56 bits per heavy atom. The lowest BCUT2D eigenvalue weighted by atomic mass is 10.0. The number of Topliss-reactive ketones (excluding diaryl/α,β-unsaturated/α-hetero) is 1. The van der Waals surface area contributed by atoms with Crippen molar-refractivity contribution in [3.63, 3.8) is 0 Å².